The molecule has 0 saturated heterocycles. The third kappa shape index (κ3) is 4.96. The molecular formula is C2H4N4OS. The standard InChI is InChI=1S/C2H4N4OS/c3-1(7)5-6-2(4)8/h3-4H,(H,5,7)(H,6,8). The summed E-state index contributed by atoms with van der Waals surface area (Å²) in [6.45, 7) is 0. The van der Waals surface area contributed by atoms with Crippen LogP contribution in [0.4, 0.5) is 4.79 Å². The van der Waals surface area contributed by atoms with Crippen LogP contribution in [0.25, 0.3) is 0 Å². The van der Waals surface area contributed by atoms with Gasteiger partial charge in [-0.05, 0) is 12.2 Å². The lowest BCUT2D eigenvalue weighted by atomic mass is 11.1. The molecule has 0 aliphatic carbocycles. The highest BCUT2D eigenvalue weighted by Crippen LogP contribution is 1.54. The predicted molar refractivity (Wildman–Crippen MR) is 30.5 cm³/mol. The van der Waals surface area contributed by atoms with Crippen molar-refractivity contribution in [1.82, 2.24) is 22.3 Å². The molecule has 2 amide bonds. The molecule has 0 aromatic rings. The third-order valence-electron chi connectivity index (χ3n) is 0.290. The lowest BCUT2D eigenvalue weighted by molar-refractivity contribution is 0.246. The van der Waals surface area contributed by atoms with Crippen molar-refractivity contribution in [2.24, 2.45) is 0 Å². The van der Waals surface area contributed by atoms with Gasteiger partial charge in [-0.15, -0.1) is 0 Å². The maximum atomic E-state index is 9.70. The van der Waals surface area contributed by atoms with Crippen molar-refractivity contribution in [2.45, 2.75) is 0 Å². The number of hydrazine groups is 1. The summed E-state index contributed by atoms with van der Waals surface area (Å²) in [5.41, 5.74) is 16.5. The summed E-state index contributed by atoms with van der Waals surface area (Å²) in [5, 5.41) is -0.314. The second-order valence-electron chi connectivity index (χ2n) is 0.908. The van der Waals surface area contributed by atoms with E-state index in [1.165, 1.54) is 0 Å². The highest BCUT2D eigenvalue weighted by atomic mass is 32.1. The monoisotopic (exact) mass is 132 g/mol. The number of nitrogens with one attached hydrogen (secondary N) is 4. The Morgan fingerprint density at radius 3 is 2.00 bits per heavy atom. The van der Waals surface area contributed by atoms with Crippen LogP contribution < -0.4 is 22.3 Å². The van der Waals surface area contributed by atoms with Crippen molar-refractivity contribution in [2.75, 3.05) is 0 Å². The molecule has 0 rings (SSSR count). The van der Waals surface area contributed by atoms with Gasteiger partial charge in [-0.2, -0.15) is 0 Å². The Labute approximate surface area is 51.4 Å². The van der Waals surface area contributed by atoms with Gasteiger partial charge >= 0.3 is 6.03 Å². The average Bonchev–Trinajstić information content (AvgIpc) is 1.61. The van der Waals surface area contributed by atoms with Crippen LogP contribution in [0.5, 0.6) is 0 Å². The fraction of sp³-hybridized carbons (Fsp3) is 0. The molecule has 0 aromatic carbocycles. The zero-order valence-corrected chi connectivity index (χ0v) is 4.63. The molecule has 0 bridgehead atoms. The van der Waals surface area contributed by atoms with E-state index in [1.54, 1.807) is 5.43 Å². The molecule has 0 aliphatic heterocycles. The molecular weight excluding hydrogens is 128 g/mol. The van der Waals surface area contributed by atoms with Gasteiger partial charge in [0.15, 0.2) is 0 Å². The Kier molecular flexibility index (Phi) is 2.63. The lowest BCUT2D eigenvalue weighted by Crippen LogP contribution is -2.40. The van der Waals surface area contributed by atoms with E-state index in [9.17, 15) is 4.79 Å². The Bertz CT molecular complexity index is 98.6. The predicted octanol–water partition coefficient (Wildman–Crippen LogP) is -0.949. The molecule has 0 heterocycles. The van der Waals surface area contributed by atoms with Gasteiger partial charge in [0.2, 0.25) is 5.11 Å². The molecule has 5 nitrogen and oxygen atoms in total. The van der Waals surface area contributed by atoms with E-state index in [4.69, 9.17) is 11.5 Å². The van der Waals surface area contributed by atoms with E-state index in [0.717, 1.165) is 0 Å². The number of amides is 2. The van der Waals surface area contributed by atoms with Crippen LogP contribution in [0, 0.1) is 0 Å². The Morgan fingerprint density at radius 1 is 1.38 bits per heavy atom. The number of carbonyl (C=O) groups excluding carboxylic acids is 1. The lowest BCUT2D eigenvalue weighted by Gasteiger charge is -1.98. The summed E-state index contributed by atoms with van der Waals surface area (Å²) in [7, 11) is 0. The van der Waals surface area contributed by atoms with Crippen LogP contribution in [0.1, 0.15) is 0 Å². The molecule has 0 fully saturated rings. The first kappa shape index (κ1) is 6.96. The third-order valence-corrected chi connectivity index (χ3v) is 0.392. The maximum Gasteiger partial charge on any atom is 0.352 e. The largest absolute Gasteiger partial charge is 0.352 e. The molecule has 0 aliphatic rings. The Hall–Kier alpha value is -1.04. The second kappa shape index (κ2) is 3.03. The van der Waals surface area contributed by atoms with Gasteiger partial charge in [-0.25, -0.2) is 16.0 Å². The van der Waals surface area contributed by atoms with Gasteiger partial charge in [-0.1, -0.05) is 0 Å². The van der Waals surface area contributed by atoms with Crippen molar-refractivity contribution in [3.05, 3.63) is 0 Å². The number of hydrogen-bond acceptors (Lipinski definition) is 2. The van der Waals surface area contributed by atoms with Gasteiger partial charge in [0, 0.05) is 0 Å². The first-order valence-electron chi connectivity index (χ1n) is 1.66. The average molecular weight is 132 g/mol. The smallest absolute Gasteiger partial charge is 0.273 e. The van der Waals surface area contributed by atoms with Gasteiger partial charge in [0.1, 0.15) is 0 Å². The van der Waals surface area contributed by atoms with Crippen LogP contribution in [0.15, 0.2) is 0 Å². The summed E-state index contributed by atoms with van der Waals surface area (Å²) in [5.74, 6) is 0. The fourth-order valence-electron chi connectivity index (χ4n) is 0.114. The van der Waals surface area contributed by atoms with Gasteiger partial charge < -0.3 is 0 Å². The summed E-state index contributed by atoms with van der Waals surface area (Å²) in [4.78, 5) is 9.70. The van der Waals surface area contributed by atoms with E-state index in [-0.39, 0.29) is 5.11 Å². The molecule has 6 heteroatoms. The minimum absolute atomic E-state index is 0.314. The highest BCUT2D eigenvalue weighted by molar-refractivity contribution is 7.80. The molecule has 0 aromatic heterocycles. The van der Waals surface area contributed by atoms with Gasteiger partial charge in [0.25, 0.3) is 0 Å². The van der Waals surface area contributed by atoms with Crippen LogP contribution >= 0.6 is 12.2 Å². The number of rotatable bonds is 0. The normalized spacial score (nSPS) is 7.50. The summed E-state index contributed by atoms with van der Waals surface area (Å²) in [6.07, 6.45) is 0. The van der Waals surface area contributed by atoms with E-state index in [0.29, 0.717) is 0 Å². The summed E-state index contributed by atoms with van der Waals surface area (Å²) in [6, 6.07) is -1.01. The number of urea groups is 1. The summed E-state index contributed by atoms with van der Waals surface area (Å²) < 4.78 is 0. The van der Waals surface area contributed by atoms with Gasteiger partial charge in [0.05, 0.1) is 0 Å². The zero-order chi connectivity index (χ0) is 6.57. The van der Waals surface area contributed by atoms with Crippen LogP contribution in [-0.2, 0) is 0 Å². The summed E-state index contributed by atoms with van der Waals surface area (Å²) >= 11 is 4.17. The van der Waals surface area contributed by atoms with E-state index >= 15 is 0 Å². The van der Waals surface area contributed by atoms with Crippen molar-refractivity contribution >= 4 is 23.4 Å². The van der Waals surface area contributed by atoms with Crippen molar-refractivity contribution in [3.8, 4) is 0 Å². The number of thiocarbonyl (C=S) groups is 1. The van der Waals surface area contributed by atoms with Gasteiger partial charge in [-0.3, -0.25) is 11.2 Å². The first-order valence-corrected chi connectivity index (χ1v) is 2.07. The Balaban J connectivity index is 3.18. The minimum atomic E-state index is -1.01. The molecule has 4 N–H and O–H groups in total. The van der Waals surface area contributed by atoms with E-state index < -0.39 is 6.03 Å². The second-order valence-corrected chi connectivity index (χ2v) is 1.32. The molecule has 0 atom stereocenters. The maximum absolute atomic E-state index is 9.70. The molecule has 8 heavy (non-hydrogen) atoms. The minimum Gasteiger partial charge on any atom is -0.273 e. The van der Waals surface area contributed by atoms with E-state index in [1.807, 2.05) is 5.43 Å². The van der Waals surface area contributed by atoms with E-state index in [2.05, 4.69) is 12.2 Å². The fourth-order valence-corrected chi connectivity index (χ4v) is 0.165. The van der Waals surface area contributed by atoms with Crippen molar-refractivity contribution in [3.63, 3.8) is 0 Å². The van der Waals surface area contributed by atoms with Crippen molar-refractivity contribution < 1.29 is 4.79 Å². The molecule has 44 valence electrons. The number of carbonyl (C=O) groups is 1. The first-order chi connectivity index (χ1) is 3.63. The van der Waals surface area contributed by atoms with Crippen LogP contribution in [0.2, 0.25) is 0 Å². The van der Waals surface area contributed by atoms with Crippen molar-refractivity contribution in [1.29, 1.82) is 0 Å². The molecule has 0 spiro atoms. The van der Waals surface area contributed by atoms with Crippen LogP contribution in [-0.4, -0.2) is 11.1 Å². The Morgan fingerprint density at radius 2 is 1.88 bits per heavy atom. The topological polar surface area (TPSA) is 88.7 Å². The van der Waals surface area contributed by atoms with Crippen LogP contribution in [0.3, 0.4) is 0 Å². The molecule has 2 radical (unpaired) electrons. The SMILES string of the molecule is [NH]C(=O)NNC([NH])=S. The highest BCUT2D eigenvalue weighted by Gasteiger charge is 1.88. The zero-order valence-electron chi connectivity index (χ0n) is 3.82. The molecule has 0 unspecified atom stereocenters. The number of hydrogen-bond donors (Lipinski definition) is 2. The quantitative estimate of drug-likeness (QED) is 0.329. The molecule has 0 saturated carbocycles.